The summed E-state index contributed by atoms with van der Waals surface area (Å²) in [6, 6.07) is 24.4. The number of rotatable bonds is 6. The molecule has 0 fully saturated rings. The number of amides is 1. The van der Waals surface area contributed by atoms with E-state index in [4.69, 9.17) is 4.74 Å². The zero-order valence-corrected chi connectivity index (χ0v) is 15.0. The molecular weight excluding hydrogens is 352 g/mol. The van der Waals surface area contributed by atoms with Gasteiger partial charge in [0.2, 0.25) is 0 Å². The zero-order chi connectivity index (χ0) is 19.2. The fraction of sp³-hybridized carbons (Fsp3) is 0.0455. The van der Waals surface area contributed by atoms with E-state index in [1.54, 1.807) is 29.2 Å². The van der Waals surface area contributed by atoms with Gasteiger partial charge in [0.05, 0.1) is 5.69 Å². The van der Waals surface area contributed by atoms with E-state index in [0.29, 0.717) is 17.9 Å². The first kappa shape index (κ1) is 17.5. The van der Waals surface area contributed by atoms with Crippen LogP contribution in [0.3, 0.4) is 0 Å². The van der Waals surface area contributed by atoms with Crippen molar-refractivity contribution in [3.8, 4) is 17.2 Å². The number of ether oxygens (including phenoxy) is 1. The highest BCUT2D eigenvalue weighted by atomic mass is 16.5. The van der Waals surface area contributed by atoms with E-state index in [2.05, 4.69) is 15.4 Å². The highest BCUT2D eigenvalue weighted by Gasteiger charge is 2.07. The molecule has 0 saturated heterocycles. The Kier molecular flexibility index (Phi) is 5.11. The van der Waals surface area contributed by atoms with Gasteiger partial charge in [0.15, 0.2) is 0 Å². The number of hydrogen-bond donors (Lipinski definition) is 1. The second kappa shape index (κ2) is 8.18. The lowest BCUT2D eigenvalue weighted by Gasteiger charge is -2.09. The SMILES string of the molecule is O=C(NCc1ccc(-n2cncn2)cc1)c1cccc(Oc2ccccc2)c1. The number of carbonyl (C=O) groups is 1. The molecule has 0 spiro atoms. The quantitative estimate of drug-likeness (QED) is 0.557. The summed E-state index contributed by atoms with van der Waals surface area (Å²) in [4.78, 5) is 16.4. The average Bonchev–Trinajstić information content (AvgIpc) is 3.28. The van der Waals surface area contributed by atoms with Gasteiger partial charge in [-0.3, -0.25) is 4.79 Å². The van der Waals surface area contributed by atoms with E-state index >= 15 is 0 Å². The predicted molar refractivity (Wildman–Crippen MR) is 105 cm³/mol. The largest absolute Gasteiger partial charge is 0.457 e. The van der Waals surface area contributed by atoms with Gasteiger partial charge >= 0.3 is 0 Å². The normalized spacial score (nSPS) is 10.4. The first-order chi connectivity index (χ1) is 13.8. The molecule has 0 atom stereocenters. The summed E-state index contributed by atoms with van der Waals surface area (Å²) in [6.45, 7) is 0.431. The van der Waals surface area contributed by atoms with Gasteiger partial charge in [0, 0.05) is 12.1 Å². The third-order valence-corrected chi connectivity index (χ3v) is 4.15. The number of nitrogens with one attached hydrogen (secondary N) is 1. The van der Waals surface area contributed by atoms with Crippen LogP contribution in [-0.4, -0.2) is 20.7 Å². The Morgan fingerprint density at radius 3 is 2.46 bits per heavy atom. The summed E-state index contributed by atoms with van der Waals surface area (Å²) in [5, 5.41) is 7.02. The maximum atomic E-state index is 12.5. The lowest BCUT2D eigenvalue weighted by molar-refractivity contribution is 0.0950. The monoisotopic (exact) mass is 370 g/mol. The molecule has 0 saturated carbocycles. The Balaban J connectivity index is 1.38. The molecule has 0 radical (unpaired) electrons. The van der Waals surface area contributed by atoms with Crippen molar-refractivity contribution < 1.29 is 9.53 Å². The van der Waals surface area contributed by atoms with E-state index < -0.39 is 0 Å². The molecule has 0 aliphatic heterocycles. The summed E-state index contributed by atoms with van der Waals surface area (Å²) in [7, 11) is 0. The van der Waals surface area contributed by atoms with Gasteiger partial charge in [-0.15, -0.1) is 0 Å². The van der Waals surface area contributed by atoms with Gasteiger partial charge in [-0.1, -0.05) is 36.4 Å². The van der Waals surface area contributed by atoms with Gasteiger partial charge in [0.1, 0.15) is 24.2 Å². The highest BCUT2D eigenvalue weighted by Crippen LogP contribution is 2.21. The fourth-order valence-corrected chi connectivity index (χ4v) is 2.72. The fourth-order valence-electron chi connectivity index (χ4n) is 2.72. The maximum Gasteiger partial charge on any atom is 0.251 e. The van der Waals surface area contributed by atoms with Crippen molar-refractivity contribution in [2.75, 3.05) is 0 Å². The molecule has 1 amide bonds. The Bertz CT molecular complexity index is 1050. The Morgan fingerprint density at radius 1 is 0.929 bits per heavy atom. The van der Waals surface area contributed by atoms with Crippen LogP contribution in [-0.2, 0) is 6.54 Å². The van der Waals surface area contributed by atoms with E-state index in [9.17, 15) is 4.79 Å². The van der Waals surface area contributed by atoms with Crippen LogP contribution < -0.4 is 10.1 Å². The summed E-state index contributed by atoms with van der Waals surface area (Å²) < 4.78 is 7.47. The molecule has 4 rings (SSSR count). The van der Waals surface area contributed by atoms with Crippen molar-refractivity contribution in [2.24, 2.45) is 0 Å². The van der Waals surface area contributed by atoms with Gasteiger partial charge in [-0.25, -0.2) is 9.67 Å². The number of nitrogens with zero attached hydrogens (tertiary/aromatic N) is 3. The summed E-state index contributed by atoms with van der Waals surface area (Å²) >= 11 is 0. The summed E-state index contributed by atoms with van der Waals surface area (Å²) in [5.41, 5.74) is 2.46. The van der Waals surface area contributed by atoms with Crippen molar-refractivity contribution >= 4 is 5.91 Å². The van der Waals surface area contributed by atoms with Gasteiger partial charge in [0.25, 0.3) is 5.91 Å². The molecule has 6 heteroatoms. The van der Waals surface area contributed by atoms with Crippen molar-refractivity contribution in [1.29, 1.82) is 0 Å². The first-order valence-electron chi connectivity index (χ1n) is 8.83. The maximum absolute atomic E-state index is 12.5. The van der Waals surface area contributed by atoms with E-state index in [0.717, 1.165) is 17.0 Å². The minimum absolute atomic E-state index is 0.154. The molecule has 3 aromatic carbocycles. The molecule has 0 aliphatic rings. The van der Waals surface area contributed by atoms with E-state index in [1.165, 1.54) is 6.33 Å². The zero-order valence-electron chi connectivity index (χ0n) is 15.0. The Labute approximate surface area is 162 Å². The number of para-hydroxylation sites is 1. The Hall–Kier alpha value is -3.93. The van der Waals surface area contributed by atoms with Crippen LogP contribution in [0.25, 0.3) is 5.69 Å². The van der Waals surface area contributed by atoms with E-state index in [-0.39, 0.29) is 5.91 Å². The molecule has 0 unspecified atom stereocenters. The molecule has 28 heavy (non-hydrogen) atoms. The summed E-state index contributed by atoms with van der Waals surface area (Å²) in [6.07, 6.45) is 3.13. The Morgan fingerprint density at radius 2 is 1.71 bits per heavy atom. The topological polar surface area (TPSA) is 69.0 Å². The average molecular weight is 370 g/mol. The molecule has 0 bridgehead atoms. The van der Waals surface area contributed by atoms with Gasteiger partial charge in [-0.2, -0.15) is 5.10 Å². The molecule has 138 valence electrons. The molecule has 1 heterocycles. The molecule has 6 nitrogen and oxygen atoms in total. The predicted octanol–water partition coefficient (Wildman–Crippen LogP) is 3.99. The van der Waals surface area contributed by atoms with Crippen molar-refractivity contribution in [1.82, 2.24) is 20.1 Å². The number of aromatic nitrogens is 3. The van der Waals surface area contributed by atoms with Crippen LogP contribution in [0, 0.1) is 0 Å². The van der Waals surface area contributed by atoms with E-state index in [1.807, 2.05) is 60.7 Å². The molecule has 1 N–H and O–H groups in total. The second-order valence-corrected chi connectivity index (χ2v) is 6.13. The van der Waals surface area contributed by atoms with Crippen LogP contribution in [0.15, 0.2) is 91.5 Å². The lowest BCUT2D eigenvalue weighted by Crippen LogP contribution is -2.22. The van der Waals surface area contributed by atoms with Crippen LogP contribution in [0.4, 0.5) is 0 Å². The number of hydrogen-bond acceptors (Lipinski definition) is 4. The van der Waals surface area contributed by atoms with Crippen LogP contribution >= 0.6 is 0 Å². The minimum Gasteiger partial charge on any atom is -0.457 e. The highest BCUT2D eigenvalue weighted by molar-refractivity contribution is 5.94. The van der Waals surface area contributed by atoms with Crippen LogP contribution in [0.5, 0.6) is 11.5 Å². The van der Waals surface area contributed by atoms with Crippen molar-refractivity contribution in [3.63, 3.8) is 0 Å². The first-order valence-corrected chi connectivity index (χ1v) is 8.83. The molecule has 1 aromatic heterocycles. The van der Waals surface area contributed by atoms with Crippen molar-refractivity contribution in [3.05, 3.63) is 103 Å². The third kappa shape index (κ3) is 4.24. The number of benzene rings is 3. The van der Waals surface area contributed by atoms with Crippen LogP contribution in [0.1, 0.15) is 15.9 Å². The smallest absolute Gasteiger partial charge is 0.251 e. The minimum atomic E-state index is -0.154. The van der Waals surface area contributed by atoms with Gasteiger partial charge < -0.3 is 10.1 Å². The number of carbonyl (C=O) groups excluding carboxylic acids is 1. The summed E-state index contributed by atoms with van der Waals surface area (Å²) in [5.74, 6) is 1.20. The standard InChI is InChI=1S/C22H18N4O2/c27-22(18-5-4-8-21(13-18)28-20-6-2-1-3-7-20)24-14-17-9-11-19(12-10-17)26-16-23-15-25-26/h1-13,15-16H,14H2,(H,24,27). The second-order valence-electron chi connectivity index (χ2n) is 6.13. The molecule has 0 aliphatic carbocycles. The lowest BCUT2D eigenvalue weighted by atomic mass is 10.1. The third-order valence-electron chi connectivity index (χ3n) is 4.15. The molecule has 4 aromatic rings. The van der Waals surface area contributed by atoms with Gasteiger partial charge in [-0.05, 0) is 48.0 Å². The molecular formula is C22H18N4O2. The van der Waals surface area contributed by atoms with Crippen molar-refractivity contribution in [2.45, 2.75) is 6.54 Å². The van der Waals surface area contributed by atoms with Crippen LogP contribution in [0.2, 0.25) is 0 Å².